The Morgan fingerprint density at radius 2 is 2.13 bits per heavy atom. The Morgan fingerprint density at radius 1 is 1.47 bits per heavy atom. The molecule has 2 unspecified atom stereocenters. The van der Waals surface area contributed by atoms with Crippen molar-refractivity contribution in [3.63, 3.8) is 0 Å². The predicted octanol–water partition coefficient (Wildman–Crippen LogP) is 2.00. The third-order valence-electron chi connectivity index (χ3n) is 3.00. The maximum atomic E-state index is 12.0. The molecule has 2 atom stereocenters. The maximum absolute atomic E-state index is 12.0. The van der Waals surface area contributed by atoms with Crippen molar-refractivity contribution in [1.29, 1.82) is 0 Å². The molecular weight excluding hydrogens is 205 g/mol. The highest BCUT2D eigenvalue weighted by atomic mass is 19.4. The normalized spacial score (nSPS) is 26.6. The number of rotatable bonds is 3. The lowest BCUT2D eigenvalue weighted by atomic mass is 9.92. The van der Waals surface area contributed by atoms with Crippen molar-refractivity contribution in [1.82, 2.24) is 4.90 Å². The first-order valence-electron chi connectivity index (χ1n) is 5.43. The van der Waals surface area contributed by atoms with E-state index in [-0.39, 0.29) is 12.6 Å². The lowest BCUT2D eigenvalue weighted by Gasteiger charge is -2.34. The summed E-state index contributed by atoms with van der Waals surface area (Å²) in [4.78, 5) is 1.88. The van der Waals surface area contributed by atoms with Crippen molar-refractivity contribution in [2.24, 2.45) is 11.7 Å². The summed E-state index contributed by atoms with van der Waals surface area (Å²) < 4.78 is 36.0. The van der Waals surface area contributed by atoms with Crippen LogP contribution in [-0.4, -0.2) is 36.8 Å². The number of hydrogen-bond acceptors (Lipinski definition) is 2. The van der Waals surface area contributed by atoms with Crippen LogP contribution in [0.2, 0.25) is 0 Å². The van der Waals surface area contributed by atoms with Gasteiger partial charge in [-0.25, -0.2) is 0 Å². The minimum absolute atomic E-state index is 0.0821. The highest BCUT2D eigenvalue weighted by Crippen LogP contribution is 2.23. The van der Waals surface area contributed by atoms with Gasteiger partial charge in [0, 0.05) is 19.1 Å². The van der Waals surface area contributed by atoms with Crippen molar-refractivity contribution in [2.75, 3.05) is 19.6 Å². The van der Waals surface area contributed by atoms with Crippen molar-refractivity contribution < 1.29 is 13.2 Å². The molecule has 1 aliphatic heterocycles. The van der Waals surface area contributed by atoms with E-state index in [1.807, 2.05) is 11.8 Å². The molecule has 0 amide bonds. The zero-order valence-electron chi connectivity index (χ0n) is 9.06. The van der Waals surface area contributed by atoms with E-state index < -0.39 is 12.6 Å². The van der Waals surface area contributed by atoms with E-state index >= 15 is 0 Å². The zero-order valence-corrected chi connectivity index (χ0v) is 9.06. The molecule has 1 rings (SSSR count). The molecule has 0 saturated carbocycles. The molecule has 0 spiro atoms. The lowest BCUT2D eigenvalue weighted by Crippen LogP contribution is -2.43. The summed E-state index contributed by atoms with van der Waals surface area (Å²) >= 11 is 0. The van der Waals surface area contributed by atoms with Crippen molar-refractivity contribution in [3.8, 4) is 0 Å². The molecule has 0 aliphatic carbocycles. The molecule has 0 aromatic carbocycles. The van der Waals surface area contributed by atoms with Crippen LogP contribution in [0.15, 0.2) is 0 Å². The highest BCUT2D eigenvalue weighted by molar-refractivity contribution is 4.78. The van der Waals surface area contributed by atoms with E-state index in [1.54, 1.807) is 0 Å². The fourth-order valence-electron chi connectivity index (χ4n) is 2.01. The van der Waals surface area contributed by atoms with Gasteiger partial charge < -0.3 is 10.6 Å². The largest absolute Gasteiger partial charge is 0.390 e. The van der Waals surface area contributed by atoms with E-state index in [9.17, 15) is 13.2 Å². The maximum Gasteiger partial charge on any atom is 0.390 e. The molecule has 0 aromatic rings. The van der Waals surface area contributed by atoms with Gasteiger partial charge in [-0.3, -0.25) is 0 Å². The van der Waals surface area contributed by atoms with Gasteiger partial charge in [-0.2, -0.15) is 13.2 Å². The van der Waals surface area contributed by atoms with Gasteiger partial charge >= 0.3 is 6.18 Å². The van der Waals surface area contributed by atoms with E-state index in [0.717, 1.165) is 19.4 Å². The minimum atomic E-state index is -4.04. The Morgan fingerprint density at radius 3 is 2.67 bits per heavy atom. The van der Waals surface area contributed by atoms with Gasteiger partial charge in [0.1, 0.15) is 0 Å². The third-order valence-corrected chi connectivity index (χ3v) is 3.00. The first-order chi connectivity index (χ1) is 6.88. The summed E-state index contributed by atoms with van der Waals surface area (Å²) in [6, 6.07) is 0.0821. The van der Waals surface area contributed by atoms with Gasteiger partial charge in [0.25, 0.3) is 0 Å². The molecule has 1 aliphatic rings. The smallest absolute Gasteiger partial charge is 0.328 e. The fourth-order valence-corrected chi connectivity index (χ4v) is 2.01. The summed E-state index contributed by atoms with van der Waals surface area (Å²) in [5.41, 5.74) is 5.76. The first-order valence-corrected chi connectivity index (χ1v) is 5.43. The highest BCUT2D eigenvalue weighted by Gasteiger charge is 2.29. The van der Waals surface area contributed by atoms with Crippen LogP contribution in [0.25, 0.3) is 0 Å². The molecule has 5 heteroatoms. The molecule has 1 saturated heterocycles. The Hall–Kier alpha value is -0.290. The quantitative estimate of drug-likeness (QED) is 0.794. The number of piperidine rings is 1. The number of alkyl halides is 3. The van der Waals surface area contributed by atoms with Crippen molar-refractivity contribution in [3.05, 3.63) is 0 Å². The summed E-state index contributed by atoms with van der Waals surface area (Å²) in [5, 5.41) is 0. The Balaban J connectivity index is 2.30. The van der Waals surface area contributed by atoms with Crippen LogP contribution < -0.4 is 5.73 Å². The molecule has 0 aromatic heterocycles. The average Bonchev–Trinajstić information content (AvgIpc) is 2.14. The Kier molecular flexibility index (Phi) is 4.40. The number of halogens is 3. The lowest BCUT2D eigenvalue weighted by molar-refractivity contribution is -0.138. The van der Waals surface area contributed by atoms with Gasteiger partial charge in [-0.1, -0.05) is 0 Å². The van der Waals surface area contributed by atoms with Crippen LogP contribution in [0.4, 0.5) is 13.2 Å². The molecular formula is C10H19F3N2. The number of nitrogens with two attached hydrogens (primary N) is 1. The second kappa shape index (κ2) is 5.16. The monoisotopic (exact) mass is 224 g/mol. The Bertz CT molecular complexity index is 192. The standard InChI is InChI=1S/C10H19F3N2/c1-8(14)9-3-2-5-15(7-9)6-4-10(11,12)13/h8-9H,2-7,14H2,1H3. The molecule has 1 heterocycles. The molecule has 15 heavy (non-hydrogen) atoms. The van der Waals surface area contributed by atoms with Crippen LogP contribution in [0, 0.1) is 5.92 Å². The molecule has 2 nitrogen and oxygen atoms in total. The van der Waals surface area contributed by atoms with E-state index in [4.69, 9.17) is 5.73 Å². The van der Waals surface area contributed by atoms with Crippen LogP contribution >= 0.6 is 0 Å². The SMILES string of the molecule is CC(N)C1CCCN(CCC(F)(F)F)C1. The second-order valence-corrected chi connectivity index (χ2v) is 4.43. The molecule has 2 N–H and O–H groups in total. The Labute approximate surface area is 88.6 Å². The summed E-state index contributed by atoms with van der Waals surface area (Å²) in [6.07, 6.45) is -2.75. The first kappa shape index (κ1) is 12.8. The van der Waals surface area contributed by atoms with E-state index in [1.165, 1.54) is 0 Å². The van der Waals surface area contributed by atoms with Gasteiger partial charge in [-0.05, 0) is 32.2 Å². The van der Waals surface area contributed by atoms with Crippen molar-refractivity contribution in [2.45, 2.75) is 38.4 Å². The van der Waals surface area contributed by atoms with Crippen molar-refractivity contribution >= 4 is 0 Å². The van der Waals surface area contributed by atoms with Crippen LogP contribution in [0.1, 0.15) is 26.2 Å². The summed E-state index contributed by atoms with van der Waals surface area (Å²) in [7, 11) is 0. The molecule has 90 valence electrons. The van der Waals surface area contributed by atoms with Gasteiger partial charge in [0.05, 0.1) is 6.42 Å². The van der Waals surface area contributed by atoms with Gasteiger partial charge in [0.2, 0.25) is 0 Å². The van der Waals surface area contributed by atoms with E-state index in [0.29, 0.717) is 12.5 Å². The minimum Gasteiger partial charge on any atom is -0.328 e. The number of hydrogen-bond donors (Lipinski definition) is 1. The van der Waals surface area contributed by atoms with Crippen LogP contribution in [0.3, 0.4) is 0 Å². The summed E-state index contributed by atoms with van der Waals surface area (Å²) in [5.74, 6) is 0.354. The predicted molar refractivity (Wildman–Crippen MR) is 53.5 cm³/mol. The molecule has 1 fully saturated rings. The summed E-state index contributed by atoms with van der Waals surface area (Å²) in [6.45, 7) is 3.54. The van der Waals surface area contributed by atoms with Gasteiger partial charge in [0.15, 0.2) is 0 Å². The number of likely N-dealkylation sites (tertiary alicyclic amines) is 1. The third kappa shape index (κ3) is 4.84. The second-order valence-electron chi connectivity index (χ2n) is 4.43. The fraction of sp³-hybridized carbons (Fsp3) is 1.00. The zero-order chi connectivity index (χ0) is 11.5. The molecule has 0 radical (unpaired) electrons. The van der Waals surface area contributed by atoms with Gasteiger partial charge in [-0.15, -0.1) is 0 Å². The van der Waals surface area contributed by atoms with Crippen LogP contribution in [-0.2, 0) is 0 Å². The van der Waals surface area contributed by atoms with E-state index in [2.05, 4.69) is 0 Å². The topological polar surface area (TPSA) is 29.3 Å². The van der Waals surface area contributed by atoms with Crippen LogP contribution in [0.5, 0.6) is 0 Å². The number of nitrogens with zero attached hydrogens (tertiary/aromatic N) is 1. The molecule has 0 bridgehead atoms. The average molecular weight is 224 g/mol.